The van der Waals surface area contributed by atoms with Crippen molar-refractivity contribution in [2.75, 3.05) is 29.6 Å². The molecular weight excluding hydrogens is 534 g/mol. The lowest BCUT2D eigenvalue weighted by atomic mass is 9.93. The molecule has 0 amide bonds. The zero-order valence-electron chi connectivity index (χ0n) is 21.9. The fraction of sp³-hybridized carbons (Fsp3) is 0.423. The van der Waals surface area contributed by atoms with Crippen LogP contribution in [-0.2, 0) is 10.0 Å². The first kappa shape index (κ1) is 25.7. The molecule has 1 aliphatic carbocycles. The normalized spacial score (nSPS) is 21.0. The van der Waals surface area contributed by atoms with Gasteiger partial charge in [0.2, 0.25) is 15.2 Å². The van der Waals surface area contributed by atoms with E-state index in [1.807, 2.05) is 24.4 Å². The van der Waals surface area contributed by atoms with E-state index in [1.165, 1.54) is 17.6 Å². The first-order chi connectivity index (χ1) is 18.7. The molecule has 1 saturated heterocycles. The Morgan fingerprint density at radius 1 is 1.13 bits per heavy atom. The molecule has 1 unspecified atom stereocenters. The second-order valence-corrected chi connectivity index (χ2v) is 13.4. The predicted molar refractivity (Wildman–Crippen MR) is 151 cm³/mol. The molecule has 5 heterocycles. The van der Waals surface area contributed by atoms with Crippen molar-refractivity contribution in [3.8, 4) is 28.0 Å². The molecule has 0 radical (unpaired) electrons. The second kappa shape index (κ2) is 9.86. The fourth-order valence-electron chi connectivity index (χ4n) is 5.72. The molecule has 13 heteroatoms. The van der Waals surface area contributed by atoms with Crippen LogP contribution in [0.15, 0.2) is 36.7 Å². The summed E-state index contributed by atoms with van der Waals surface area (Å²) in [6.07, 6.45) is 6.62. The van der Waals surface area contributed by atoms with E-state index in [-0.39, 0.29) is 23.9 Å². The van der Waals surface area contributed by atoms with Crippen LogP contribution in [-0.4, -0.2) is 64.6 Å². The molecule has 0 aromatic carbocycles. The molecule has 2 aliphatic rings. The van der Waals surface area contributed by atoms with E-state index in [0.29, 0.717) is 5.56 Å². The quantitative estimate of drug-likeness (QED) is 0.346. The minimum absolute atomic E-state index is 0.00616. The van der Waals surface area contributed by atoms with Crippen LogP contribution < -0.4 is 14.9 Å². The number of nitrogens with one attached hydrogen (secondary N) is 2. The molecular formula is C26H29N9O2S2. The molecule has 4 aromatic rings. The van der Waals surface area contributed by atoms with Crippen molar-refractivity contribution in [1.29, 1.82) is 5.26 Å². The predicted octanol–water partition coefficient (Wildman–Crippen LogP) is 3.37. The monoisotopic (exact) mass is 563 g/mol. The number of anilines is 2. The lowest BCUT2D eigenvalue weighted by molar-refractivity contribution is 0.331. The molecule has 11 nitrogen and oxygen atoms in total. The van der Waals surface area contributed by atoms with Crippen LogP contribution in [0.3, 0.4) is 0 Å². The summed E-state index contributed by atoms with van der Waals surface area (Å²) in [6.45, 7) is 5.68. The van der Waals surface area contributed by atoms with Crippen LogP contribution in [0.5, 0.6) is 0 Å². The standard InChI is InChI=1S/C26H29N9O2S2/c1-15(2)30-21-9-22(23-7-6-19-8-16(10-27)11-29-35(19)23)28-12-20(21)25-31-32-26(38-25)34-13-17-4-5-18(14-34)24(17)33-39(3,36)37/h6-9,11-12,15,17-18,24,33H,4-5,13-14H2,1-3H3,(H,28,30)/t17-,18+,24?. The van der Waals surface area contributed by atoms with Gasteiger partial charge in [0.1, 0.15) is 6.07 Å². The zero-order valence-corrected chi connectivity index (χ0v) is 23.5. The van der Waals surface area contributed by atoms with Crippen molar-refractivity contribution in [2.24, 2.45) is 11.8 Å². The zero-order chi connectivity index (χ0) is 27.3. The van der Waals surface area contributed by atoms with Gasteiger partial charge >= 0.3 is 0 Å². The van der Waals surface area contributed by atoms with Crippen LogP contribution in [0, 0.1) is 23.2 Å². The fourth-order valence-corrected chi connectivity index (χ4v) is 7.49. The van der Waals surface area contributed by atoms with Crippen molar-refractivity contribution in [3.05, 3.63) is 42.2 Å². The van der Waals surface area contributed by atoms with Gasteiger partial charge in [0.05, 0.1) is 40.5 Å². The number of hydrogen-bond donors (Lipinski definition) is 2. The van der Waals surface area contributed by atoms with Crippen LogP contribution in [0.2, 0.25) is 0 Å². The third-order valence-corrected chi connectivity index (χ3v) is 9.06. The highest BCUT2D eigenvalue weighted by Gasteiger charge is 2.44. The summed E-state index contributed by atoms with van der Waals surface area (Å²) >= 11 is 1.53. The van der Waals surface area contributed by atoms with Crippen molar-refractivity contribution < 1.29 is 8.42 Å². The van der Waals surface area contributed by atoms with Gasteiger partial charge in [0, 0.05) is 37.1 Å². The molecule has 0 spiro atoms. The topological polar surface area (TPSA) is 141 Å². The van der Waals surface area contributed by atoms with E-state index in [0.717, 1.165) is 64.2 Å². The molecule has 202 valence electrons. The minimum Gasteiger partial charge on any atom is -0.382 e. The van der Waals surface area contributed by atoms with E-state index >= 15 is 0 Å². The summed E-state index contributed by atoms with van der Waals surface area (Å²) in [7, 11) is -3.24. The Hall–Kier alpha value is -3.60. The number of pyridine rings is 1. The van der Waals surface area contributed by atoms with Crippen LogP contribution >= 0.6 is 11.3 Å². The molecule has 39 heavy (non-hydrogen) atoms. The van der Waals surface area contributed by atoms with Crippen LogP contribution in [0.4, 0.5) is 10.8 Å². The van der Waals surface area contributed by atoms with Crippen LogP contribution in [0.1, 0.15) is 32.3 Å². The lowest BCUT2D eigenvalue weighted by Crippen LogP contribution is -2.52. The summed E-state index contributed by atoms with van der Waals surface area (Å²) in [4.78, 5) is 7.00. The Balaban J connectivity index is 1.29. The summed E-state index contributed by atoms with van der Waals surface area (Å²) in [5.41, 5.74) is 4.68. The maximum atomic E-state index is 11.9. The first-order valence-electron chi connectivity index (χ1n) is 12.9. The average molecular weight is 564 g/mol. The minimum atomic E-state index is -3.24. The Kier molecular flexibility index (Phi) is 6.49. The van der Waals surface area contributed by atoms with E-state index in [1.54, 1.807) is 16.8 Å². The summed E-state index contributed by atoms with van der Waals surface area (Å²) < 4.78 is 28.3. The Bertz CT molecular complexity index is 1670. The van der Waals surface area contributed by atoms with Crippen molar-refractivity contribution in [1.82, 2.24) is 29.5 Å². The van der Waals surface area contributed by atoms with Crippen LogP contribution in [0.25, 0.3) is 27.5 Å². The number of fused-ring (bicyclic) bond motifs is 3. The molecule has 2 N–H and O–H groups in total. The molecule has 6 rings (SSSR count). The largest absolute Gasteiger partial charge is 0.382 e. The highest BCUT2D eigenvalue weighted by molar-refractivity contribution is 7.88. The Morgan fingerprint density at radius 3 is 2.59 bits per heavy atom. The van der Waals surface area contributed by atoms with Gasteiger partial charge < -0.3 is 10.2 Å². The van der Waals surface area contributed by atoms with Crippen molar-refractivity contribution in [3.63, 3.8) is 0 Å². The smallest absolute Gasteiger partial charge is 0.208 e. The van der Waals surface area contributed by atoms with Gasteiger partial charge in [-0.25, -0.2) is 17.7 Å². The number of rotatable bonds is 7. The number of sulfonamides is 1. The van der Waals surface area contributed by atoms with Gasteiger partial charge in [-0.1, -0.05) is 11.3 Å². The number of nitriles is 1. The van der Waals surface area contributed by atoms with E-state index in [4.69, 9.17) is 4.98 Å². The maximum Gasteiger partial charge on any atom is 0.208 e. The van der Waals surface area contributed by atoms with Gasteiger partial charge in [0.25, 0.3) is 0 Å². The molecule has 2 bridgehead atoms. The highest BCUT2D eigenvalue weighted by Crippen LogP contribution is 2.41. The van der Waals surface area contributed by atoms with Gasteiger partial charge in [-0.3, -0.25) is 4.98 Å². The van der Waals surface area contributed by atoms with E-state index < -0.39 is 10.0 Å². The number of hydrogen-bond acceptors (Lipinski definition) is 10. The lowest BCUT2D eigenvalue weighted by Gasteiger charge is -2.37. The van der Waals surface area contributed by atoms with Crippen molar-refractivity contribution >= 4 is 37.7 Å². The number of aromatic nitrogens is 5. The molecule has 1 saturated carbocycles. The van der Waals surface area contributed by atoms with Gasteiger partial charge in [0.15, 0.2) is 5.01 Å². The van der Waals surface area contributed by atoms with Crippen molar-refractivity contribution in [2.45, 2.75) is 38.8 Å². The highest BCUT2D eigenvalue weighted by atomic mass is 32.2. The summed E-state index contributed by atoms with van der Waals surface area (Å²) in [6, 6.07) is 9.98. The molecule has 1 aliphatic heterocycles. The van der Waals surface area contributed by atoms with Gasteiger partial charge in [-0.05, 0) is 62.8 Å². The number of nitrogens with zero attached hydrogens (tertiary/aromatic N) is 7. The molecule has 4 aromatic heterocycles. The second-order valence-electron chi connectivity index (χ2n) is 10.6. The van der Waals surface area contributed by atoms with E-state index in [2.05, 4.69) is 50.2 Å². The Labute approximate surface area is 231 Å². The summed E-state index contributed by atoms with van der Waals surface area (Å²) in [5.74, 6) is 0.527. The third-order valence-electron chi connectivity index (χ3n) is 7.34. The first-order valence-corrected chi connectivity index (χ1v) is 15.6. The van der Waals surface area contributed by atoms with E-state index in [9.17, 15) is 13.7 Å². The third kappa shape index (κ3) is 5.07. The summed E-state index contributed by atoms with van der Waals surface area (Å²) in [5, 5.41) is 27.8. The molecule has 2 fully saturated rings. The number of piperidine rings is 1. The van der Waals surface area contributed by atoms with Gasteiger partial charge in [-0.15, -0.1) is 10.2 Å². The Morgan fingerprint density at radius 2 is 1.90 bits per heavy atom. The maximum absolute atomic E-state index is 11.9. The molecule has 3 atom stereocenters. The SMILES string of the molecule is CC(C)Nc1cc(-c2ccc3cc(C#N)cnn23)ncc1-c1nnc(N2C[C@H]3CC[C@@H](C2)C3NS(C)(=O)=O)s1. The average Bonchev–Trinajstić information content (AvgIpc) is 3.58. The van der Waals surface area contributed by atoms with Gasteiger partial charge in [-0.2, -0.15) is 10.4 Å².